The van der Waals surface area contributed by atoms with Crippen molar-refractivity contribution >= 4 is 28.3 Å². The van der Waals surface area contributed by atoms with E-state index in [1.54, 1.807) is 10.3 Å². The average Bonchev–Trinajstić information content (AvgIpc) is 3.06. The van der Waals surface area contributed by atoms with Crippen LogP contribution in [0.2, 0.25) is 0 Å². The lowest BCUT2D eigenvalue weighted by Gasteiger charge is -2.20. The number of hydrogen-bond donors (Lipinski definition) is 1. The summed E-state index contributed by atoms with van der Waals surface area (Å²) >= 11 is 1.25. The smallest absolute Gasteiger partial charge is 0.274 e. The fourth-order valence-corrected chi connectivity index (χ4v) is 2.95. The Kier molecular flexibility index (Phi) is 3.98. The normalized spacial score (nSPS) is 13.9. The SMILES string of the molecule is CC(=O)Nc1nc(C(=O)N(Cc2ccc(C)o2)C2CC2)cs1. The van der Waals surface area contributed by atoms with Crippen molar-refractivity contribution in [2.45, 2.75) is 39.3 Å². The van der Waals surface area contributed by atoms with Gasteiger partial charge in [-0.25, -0.2) is 4.98 Å². The van der Waals surface area contributed by atoms with Gasteiger partial charge in [-0.05, 0) is 31.9 Å². The van der Waals surface area contributed by atoms with E-state index in [0.717, 1.165) is 24.4 Å². The second kappa shape index (κ2) is 5.92. The Morgan fingerprint density at radius 2 is 2.23 bits per heavy atom. The van der Waals surface area contributed by atoms with Crippen molar-refractivity contribution in [2.24, 2.45) is 0 Å². The zero-order valence-corrected chi connectivity index (χ0v) is 13.3. The Hall–Kier alpha value is -2.15. The lowest BCUT2D eigenvalue weighted by Crippen LogP contribution is -2.32. The van der Waals surface area contributed by atoms with Crippen LogP contribution in [-0.4, -0.2) is 27.7 Å². The predicted molar refractivity (Wildman–Crippen MR) is 82.8 cm³/mol. The van der Waals surface area contributed by atoms with E-state index < -0.39 is 0 Å². The van der Waals surface area contributed by atoms with Crippen molar-refractivity contribution in [3.63, 3.8) is 0 Å². The van der Waals surface area contributed by atoms with Crippen LogP contribution in [0.25, 0.3) is 0 Å². The molecular weight excluding hydrogens is 302 g/mol. The molecule has 7 heteroatoms. The number of thiazole rings is 1. The first kappa shape index (κ1) is 14.8. The van der Waals surface area contributed by atoms with Gasteiger partial charge in [0.05, 0.1) is 6.54 Å². The summed E-state index contributed by atoms with van der Waals surface area (Å²) in [7, 11) is 0. The molecule has 2 aromatic heterocycles. The highest BCUT2D eigenvalue weighted by Gasteiger charge is 2.34. The van der Waals surface area contributed by atoms with Crippen molar-refractivity contribution in [3.8, 4) is 0 Å². The van der Waals surface area contributed by atoms with E-state index in [4.69, 9.17) is 4.42 Å². The molecular formula is C15H17N3O3S. The van der Waals surface area contributed by atoms with Gasteiger partial charge in [0, 0.05) is 18.3 Å². The monoisotopic (exact) mass is 319 g/mol. The third-order valence-corrected chi connectivity index (χ3v) is 4.13. The fourth-order valence-electron chi connectivity index (χ4n) is 2.22. The molecule has 3 rings (SSSR count). The Bertz CT molecular complexity index is 702. The van der Waals surface area contributed by atoms with Crippen LogP contribution in [0.4, 0.5) is 5.13 Å². The molecule has 0 spiro atoms. The number of anilines is 1. The Labute approximate surface area is 132 Å². The molecule has 22 heavy (non-hydrogen) atoms. The molecule has 0 saturated heterocycles. The van der Waals surface area contributed by atoms with Gasteiger partial charge in [-0.2, -0.15) is 0 Å². The topological polar surface area (TPSA) is 75.4 Å². The van der Waals surface area contributed by atoms with Crippen LogP contribution in [-0.2, 0) is 11.3 Å². The van der Waals surface area contributed by atoms with Crippen molar-refractivity contribution in [1.82, 2.24) is 9.88 Å². The lowest BCUT2D eigenvalue weighted by molar-refractivity contribution is -0.114. The van der Waals surface area contributed by atoms with Crippen LogP contribution < -0.4 is 5.32 Å². The third kappa shape index (κ3) is 3.36. The first-order valence-electron chi connectivity index (χ1n) is 7.12. The fraction of sp³-hybridized carbons (Fsp3) is 0.400. The minimum Gasteiger partial charge on any atom is -0.464 e. The van der Waals surface area contributed by atoms with Gasteiger partial charge in [-0.3, -0.25) is 9.59 Å². The second-order valence-corrected chi connectivity index (χ2v) is 6.25. The first-order valence-corrected chi connectivity index (χ1v) is 8.00. The summed E-state index contributed by atoms with van der Waals surface area (Å²) in [5.41, 5.74) is 0.365. The Morgan fingerprint density at radius 3 is 2.82 bits per heavy atom. The summed E-state index contributed by atoms with van der Waals surface area (Å²) in [5.74, 6) is 1.29. The first-order chi connectivity index (χ1) is 10.5. The maximum absolute atomic E-state index is 12.7. The van der Waals surface area contributed by atoms with Gasteiger partial charge in [0.15, 0.2) is 5.13 Å². The molecule has 2 aromatic rings. The minimum atomic E-state index is -0.196. The van der Waals surface area contributed by atoms with E-state index in [2.05, 4.69) is 10.3 Å². The van der Waals surface area contributed by atoms with Crippen LogP contribution in [0, 0.1) is 6.92 Å². The highest BCUT2D eigenvalue weighted by Crippen LogP contribution is 2.30. The van der Waals surface area contributed by atoms with Crippen molar-refractivity contribution in [3.05, 3.63) is 34.7 Å². The lowest BCUT2D eigenvalue weighted by atomic mass is 10.3. The summed E-state index contributed by atoms with van der Waals surface area (Å²) in [4.78, 5) is 29.7. The van der Waals surface area contributed by atoms with Gasteiger partial charge in [0.1, 0.15) is 17.2 Å². The molecule has 2 heterocycles. The molecule has 1 saturated carbocycles. The van der Waals surface area contributed by atoms with Crippen molar-refractivity contribution in [2.75, 3.05) is 5.32 Å². The average molecular weight is 319 g/mol. The van der Waals surface area contributed by atoms with Gasteiger partial charge in [0.2, 0.25) is 5.91 Å². The molecule has 6 nitrogen and oxygen atoms in total. The summed E-state index contributed by atoms with van der Waals surface area (Å²) in [6.07, 6.45) is 2.02. The Morgan fingerprint density at radius 1 is 1.45 bits per heavy atom. The largest absolute Gasteiger partial charge is 0.464 e. The van der Waals surface area contributed by atoms with E-state index >= 15 is 0 Å². The van der Waals surface area contributed by atoms with E-state index in [0.29, 0.717) is 17.4 Å². The number of rotatable bonds is 5. The van der Waals surface area contributed by atoms with Gasteiger partial charge >= 0.3 is 0 Å². The molecule has 0 aliphatic heterocycles. The number of nitrogens with one attached hydrogen (secondary N) is 1. The standard InChI is InChI=1S/C15H17N3O3S/c1-9-3-6-12(21-9)7-18(11-4-5-11)14(20)13-8-22-15(17-13)16-10(2)19/h3,6,8,11H,4-5,7H2,1-2H3,(H,16,17,19). The third-order valence-electron chi connectivity index (χ3n) is 3.38. The number of nitrogens with zero attached hydrogens (tertiary/aromatic N) is 2. The van der Waals surface area contributed by atoms with Crippen molar-refractivity contribution < 1.29 is 14.0 Å². The zero-order valence-electron chi connectivity index (χ0n) is 12.5. The summed E-state index contributed by atoms with van der Waals surface area (Å²) in [6.45, 7) is 3.75. The molecule has 2 amide bonds. The molecule has 0 bridgehead atoms. The van der Waals surface area contributed by atoms with E-state index in [9.17, 15) is 9.59 Å². The number of amides is 2. The molecule has 1 aliphatic rings. The minimum absolute atomic E-state index is 0.121. The quantitative estimate of drug-likeness (QED) is 0.919. The number of aryl methyl sites for hydroxylation is 1. The molecule has 1 fully saturated rings. The van der Waals surface area contributed by atoms with E-state index in [-0.39, 0.29) is 17.9 Å². The summed E-state index contributed by atoms with van der Waals surface area (Å²) in [6, 6.07) is 4.04. The number of carbonyl (C=O) groups is 2. The number of furan rings is 1. The highest BCUT2D eigenvalue weighted by atomic mass is 32.1. The van der Waals surface area contributed by atoms with Crippen LogP contribution in [0.1, 0.15) is 41.8 Å². The van der Waals surface area contributed by atoms with Gasteiger partial charge in [0.25, 0.3) is 5.91 Å². The maximum atomic E-state index is 12.7. The zero-order chi connectivity index (χ0) is 15.7. The molecule has 116 valence electrons. The number of hydrogen-bond acceptors (Lipinski definition) is 5. The van der Waals surface area contributed by atoms with Crippen LogP contribution >= 0.6 is 11.3 Å². The molecule has 1 N–H and O–H groups in total. The Balaban J connectivity index is 1.75. The van der Waals surface area contributed by atoms with Crippen molar-refractivity contribution in [1.29, 1.82) is 0 Å². The number of carbonyl (C=O) groups excluding carboxylic acids is 2. The second-order valence-electron chi connectivity index (χ2n) is 5.40. The molecule has 0 atom stereocenters. The van der Waals surface area contributed by atoms with Gasteiger partial charge in [-0.1, -0.05) is 0 Å². The predicted octanol–water partition coefficient (Wildman–Crippen LogP) is 2.81. The molecule has 1 aliphatic carbocycles. The molecule has 0 unspecified atom stereocenters. The summed E-state index contributed by atoms with van der Waals surface area (Å²) in [5, 5.41) is 4.72. The van der Waals surface area contributed by atoms with Crippen LogP contribution in [0.15, 0.2) is 21.9 Å². The molecule has 0 aromatic carbocycles. The van der Waals surface area contributed by atoms with E-state index in [1.807, 2.05) is 19.1 Å². The van der Waals surface area contributed by atoms with Crippen LogP contribution in [0.5, 0.6) is 0 Å². The van der Waals surface area contributed by atoms with Gasteiger partial charge < -0.3 is 14.6 Å². The summed E-state index contributed by atoms with van der Waals surface area (Å²) < 4.78 is 5.57. The van der Waals surface area contributed by atoms with Gasteiger partial charge in [-0.15, -0.1) is 11.3 Å². The number of aromatic nitrogens is 1. The van der Waals surface area contributed by atoms with Crippen LogP contribution in [0.3, 0.4) is 0 Å². The van der Waals surface area contributed by atoms with E-state index in [1.165, 1.54) is 18.3 Å². The highest BCUT2D eigenvalue weighted by molar-refractivity contribution is 7.14. The maximum Gasteiger partial charge on any atom is 0.274 e. The molecule has 0 radical (unpaired) electrons.